The van der Waals surface area contributed by atoms with Crippen molar-refractivity contribution in [1.82, 2.24) is 5.48 Å². The molecule has 1 fully saturated rings. The largest absolute Gasteiger partial charge is 0.430 e. The first-order valence-electron chi connectivity index (χ1n) is 15.7. The van der Waals surface area contributed by atoms with E-state index in [1.807, 2.05) is 0 Å². The Hall–Kier alpha value is -0.350. The Kier molecular flexibility index (Phi) is 18.7. The average Bonchev–Trinajstić information content (AvgIpc) is 3.69. The molecule has 9 nitrogen and oxygen atoms in total. The van der Waals surface area contributed by atoms with Crippen LogP contribution in [0.25, 0.3) is 11.1 Å². The molecule has 3 unspecified atom stereocenters. The lowest BCUT2D eigenvalue weighted by atomic mass is 9.95. The maximum absolute atomic E-state index is 13.8. The van der Waals surface area contributed by atoms with Gasteiger partial charge in [0.05, 0.1) is 71.0 Å². The standard InChI is InChI=1S/C34H18Cl15N3O6.ClH/c35-14-13(15(36)17(38)18(39)16(14)37)10-5-2-1-4-9(10)8-11(50)32(53)58-51-31(34(55)56-30-27(48)23(44)20(41)24(45)28(30)49)57-33(54)12-6-3-7-52(12)29-25(46)21(42)19(40)22(43)26(29)47;/h1-2,4-5,11-12,31,51H,3,6-8,50H2;1H. The minimum atomic E-state index is -2.22. The Labute approximate surface area is 416 Å². The molecule has 3 N–H and O–H groups in total. The zero-order chi connectivity index (χ0) is 43.1. The van der Waals surface area contributed by atoms with Crippen LogP contribution in [0.15, 0.2) is 24.3 Å². The van der Waals surface area contributed by atoms with Crippen LogP contribution < -0.4 is 20.9 Å². The van der Waals surface area contributed by atoms with Gasteiger partial charge in [-0.2, -0.15) is 0 Å². The first-order valence-corrected chi connectivity index (χ1v) is 21.4. The lowest BCUT2D eigenvalue weighted by Gasteiger charge is -2.29. The molecule has 0 bridgehead atoms. The molecule has 25 heteroatoms. The van der Waals surface area contributed by atoms with Gasteiger partial charge in [-0.05, 0) is 30.4 Å². The highest BCUT2D eigenvalue weighted by Crippen LogP contribution is 2.52. The highest BCUT2D eigenvalue weighted by atomic mass is 35.5. The molecule has 1 heterocycles. The van der Waals surface area contributed by atoms with E-state index in [4.69, 9.17) is 194 Å². The molecule has 0 amide bonds. The fourth-order valence-electron chi connectivity index (χ4n) is 5.56. The van der Waals surface area contributed by atoms with Gasteiger partial charge in [0.25, 0.3) is 6.23 Å². The molecule has 0 radical (unpaired) electrons. The van der Waals surface area contributed by atoms with Crippen molar-refractivity contribution in [3.8, 4) is 16.9 Å². The molecular weight excluding hydrogens is 1110 g/mol. The fraction of sp³-hybridized carbons (Fsp3) is 0.206. The van der Waals surface area contributed by atoms with E-state index >= 15 is 0 Å². The van der Waals surface area contributed by atoms with Gasteiger partial charge in [0.1, 0.15) is 22.1 Å². The second-order valence-corrected chi connectivity index (χ2v) is 17.5. The van der Waals surface area contributed by atoms with Crippen LogP contribution in [-0.2, 0) is 30.4 Å². The summed E-state index contributed by atoms with van der Waals surface area (Å²) in [5, 5.41) is -2.48. The van der Waals surface area contributed by atoms with Crippen molar-refractivity contribution in [2.75, 3.05) is 11.4 Å². The van der Waals surface area contributed by atoms with E-state index in [0.29, 0.717) is 17.5 Å². The van der Waals surface area contributed by atoms with Crippen LogP contribution in [0.4, 0.5) is 5.69 Å². The molecule has 0 aliphatic carbocycles. The van der Waals surface area contributed by atoms with Crippen LogP contribution in [0, 0.1) is 0 Å². The number of hydroxylamine groups is 1. The minimum Gasteiger partial charge on any atom is -0.430 e. The number of carbonyl (C=O) groups excluding carboxylic acids is 3. The number of ether oxygens (including phenoxy) is 2. The van der Waals surface area contributed by atoms with E-state index in [1.54, 1.807) is 24.3 Å². The predicted octanol–water partition coefficient (Wildman–Crippen LogP) is 14.6. The van der Waals surface area contributed by atoms with Gasteiger partial charge in [-0.1, -0.05) is 198 Å². The molecule has 1 saturated heterocycles. The highest BCUT2D eigenvalue weighted by molar-refractivity contribution is 6.58. The van der Waals surface area contributed by atoms with Gasteiger partial charge in [0, 0.05) is 12.1 Å². The molecule has 4 aromatic rings. The van der Waals surface area contributed by atoms with Gasteiger partial charge >= 0.3 is 17.9 Å². The zero-order valence-electron chi connectivity index (χ0n) is 28.4. The first kappa shape index (κ1) is 51.3. The van der Waals surface area contributed by atoms with E-state index < -0.39 is 52.0 Å². The normalized spacial score (nSPS) is 14.8. The first-order chi connectivity index (χ1) is 27.2. The summed E-state index contributed by atoms with van der Waals surface area (Å²) < 4.78 is 10.9. The number of hydrogen-bond acceptors (Lipinski definition) is 9. The number of nitrogens with two attached hydrogens (primary N) is 1. The van der Waals surface area contributed by atoms with Crippen LogP contribution in [0.3, 0.4) is 0 Å². The maximum Gasteiger partial charge on any atom is 0.371 e. The highest BCUT2D eigenvalue weighted by Gasteiger charge is 2.40. The zero-order valence-corrected chi connectivity index (χ0v) is 40.6. The quantitative estimate of drug-likeness (QED) is 0.0378. The van der Waals surface area contributed by atoms with Gasteiger partial charge in [-0.15, -0.1) is 17.9 Å². The second-order valence-electron chi connectivity index (χ2n) is 11.9. The molecule has 4 aromatic carbocycles. The third-order valence-electron chi connectivity index (χ3n) is 8.32. The monoisotopic (exact) mass is 1120 g/mol. The number of halogens is 16. The van der Waals surface area contributed by atoms with Crippen molar-refractivity contribution >= 4 is 210 Å². The molecule has 0 spiro atoms. The van der Waals surface area contributed by atoms with Crippen LogP contribution in [0.1, 0.15) is 18.4 Å². The molecule has 1 aliphatic heterocycles. The Bertz CT molecular complexity index is 2270. The Balaban J connectivity index is 0.00000769. The summed E-state index contributed by atoms with van der Waals surface area (Å²) in [4.78, 5) is 47.5. The summed E-state index contributed by atoms with van der Waals surface area (Å²) in [6, 6.07) is 3.99. The van der Waals surface area contributed by atoms with E-state index in [1.165, 1.54) is 4.90 Å². The Morgan fingerprint density at radius 2 is 1.12 bits per heavy atom. The van der Waals surface area contributed by atoms with Gasteiger partial charge < -0.3 is 24.9 Å². The summed E-state index contributed by atoms with van der Waals surface area (Å²) in [6.07, 6.45) is -1.85. The minimum absolute atomic E-state index is 0. The van der Waals surface area contributed by atoms with Crippen molar-refractivity contribution < 1.29 is 28.7 Å². The number of anilines is 1. The number of rotatable bonds is 11. The van der Waals surface area contributed by atoms with Crippen LogP contribution in [-0.4, -0.2) is 42.8 Å². The predicted molar refractivity (Wildman–Crippen MR) is 244 cm³/mol. The summed E-state index contributed by atoms with van der Waals surface area (Å²) in [5.74, 6) is -4.21. The number of nitrogens with one attached hydrogen (secondary N) is 1. The van der Waals surface area contributed by atoms with Gasteiger partial charge in [-0.3, -0.25) is 0 Å². The lowest BCUT2D eigenvalue weighted by Crippen LogP contribution is -2.49. The van der Waals surface area contributed by atoms with Crippen LogP contribution in [0.5, 0.6) is 5.75 Å². The Morgan fingerprint density at radius 3 is 1.64 bits per heavy atom. The molecule has 318 valence electrons. The third-order valence-corrected chi connectivity index (χ3v) is 15.1. The molecule has 1 aliphatic rings. The van der Waals surface area contributed by atoms with Crippen molar-refractivity contribution in [1.29, 1.82) is 0 Å². The average molecular weight is 1130 g/mol. The third kappa shape index (κ3) is 10.6. The fourth-order valence-corrected chi connectivity index (χ4v) is 9.45. The van der Waals surface area contributed by atoms with Crippen molar-refractivity contribution in [2.45, 2.75) is 37.6 Å². The van der Waals surface area contributed by atoms with Crippen LogP contribution >= 0.6 is 186 Å². The van der Waals surface area contributed by atoms with Gasteiger partial charge in [0.2, 0.25) is 0 Å². The molecule has 59 heavy (non-hydrogen) atoms. The smallest absolute Gasteiger partial charge is 0.371 e. The van der Waals surface area contributed by atoms with E-state index in [0.717, 1.165) is 0 Å². The summed E-state index contributed by atoms with van der Waals surface area (Å²) in [6.45, 7) is 0.208. The summed E-state index contributed by atoms with van der Waals surface area (Å²) in [5.41, 5.74) is 9.48. The van der Waals surface area contributed by atoms with Crippen molar-refractivity contribution in [3.05, 3.63) is 105 Å². The molecule has 0 saturated carbocycles. The topological polar surface area (TPSA) is 120 Å². The van der Waals surface area contributed by atoms with E-state index in [-0.39, 0.29) is 108 Å². The number of benzene rings is 4. The van der Waals surface area contributed by atoms with Crippen LogP contribution in [0.2, 0.25) is 75.3 Å². The molecule has 3 atom stereocenters. The Morgan fingerprint density at radius 1 is 0.661 bits per heavy atom. The molecule has 0 aromatic heterocycles. The summed E-state index contributed by atoms with van der Waals surface area (Å²) >= 11 is 94.4. The number of nitrogens with zero attached hydrogens (tertiary/aromatic N) is 1. The number of esters is 2. The second kappa shape index (κ2) is 21.6. The SMILES string of the molecule is Cl.NC(Cc1ccccc1-c1c(Cl)c(Cl)c(Cl)c(Cl)c1Cl)C(=O)ONC(OC(=O)C1CCCN1c1c(Cl)c(Cl)c(Cl)c(Cl)c1Cl)C(=O)Oc1c(Cl)c(Cl)c(Cl)c(Cl)c1Cl. The summed E-state index contributed by atoms with van der Waals surface area (Å²) in [7, 11) is 0. The maximum atomic E-state index is 13.8. The van der Waals surface area contributed by atoms with Crippen molar-refractivity contribution in [2.24, 2.45) is 5.73 Å². The van der Waals surface area contributed by atoms with Crippen molar-refractivity contribution in [3.63, 3.8) is 0 Å². The van der Waals surface area contributed by atoms with E-state index in [2.05, 4.69) is 5.48 Å². The number of hydrogen-bond donors (Lipinski definition) is 2. The van der Waals surface area contributed by atoms with Gasteiger partial charge in [-0.25, -0.2) is 14.4 Å². The lowest BCUT2D eigenvalue weighted by molar-refractivity contribution is -0.183. The number of carbonyl (C=O) groups is 3. The van der Waals surface area contributed by atoms with Gasteiger partial charge in [0.15, 0.2) is 5.75 Å². The molecule has 5 rings (SSSR count). The van der Waals surface area contributed by atoms with E-state index in [9.17, 15) is 14.4 Å². The molecular formula is C34H19Cl16N3O6.